The topological polar surface area (TPSA) is 29.9 Å². The number of hydrogen-bond acceptors (Lipinski definition) is 2. The molecular formula is C12H15N3. The maximum atomic E-state index is 4.28. The molecule has 0 aliphatic rings. The fraction of sp³-hybridized carbons (Fsp3) is 0.250. The number of aromatic nitrogens is 2. The molecule has 0 saturated heterocycles. The number of benzene rings is 1. The van der Waals surface area contributed by atoms with Crippen LogP contribution >= 0.6 is 0 Å². The van der Waals surface area contributed by atoms with Gasteiger partial charge >= 0.3 is 0 Å². The lowest BCUT2D eigenvalue weighted by Crippen LogP contribution is -2.06. The second kappa shape index (κ2) is 4.64. The van der Waals surface area contributed by atoms with E-state index in [2.05, 4.69) is 33.9 Å². The van der Waals surface area contributed by atoms with Gasteiger partial charge in [0.1, 0.15) is 0 Å². The zero-order valence-electron chi connectivity index (χ0n) is 8.85. The molecule has 0 unspecified atom stereocenters. The highest BCUT2D eigenvalue weighted by atomic mass is 15.2. The summed E-state index contributed by atoms with van der Waals surface area (Å²) in [6.07, 6.45) is 4.87. The van der Waals surface area contributed by atoms with E-state index in [9.17, 15) is 0 Å². The minimum absolute atomic E-state index is 0.906. The SMILES string of the molecule is CCCNc1nccn1-c1ccccc1. The number of imidazole rings is 1. The van der Waals surface area contributed by atoms with Gasteiger partial charge < -0.3 is 5.32 Å². The summed E-state index contributed by atoms with van der Waals surface area (Å²) in [7, 11) is 0. The molecule has 0 saturated carbocycles. The van der Waals surface area contributed by atoms with Crippen LogP contribution in [-0.4, -0.2) is 16.1 Å². The van der Waals surface area contributed by atoms with E-state index in [4.69, 9.17) is 0 Å². The van der Waals surface area contributed by atoms with E-state index in [0.29, 0.717) is 0 Å². The van der Waals surface area contributed by atoms with Gasteiger partial charge in [0, 0.05) is 24.6 Å². The van der Waals surface area contributed by atoms with Crippen molar-refractivity contribution in [3.05, 3.63) is 42.7 Å². The summed E-state index contributed by atoms with van der Waals surface area (Å²) in [5.74, 6) is 0.906. The van der Waals surface area contributed by atoms with Crippen LogP contribution in [0.15, 0.2) is 42.7 Å². The highest BCUT2D eigenvalue weighted by Crippen LogP contribution is 2.13. The van der Waals surface area contributed by atoms with Crippen LogP contribution in [0.3, 0.4) is 0 Å². The van der Waals surface area contributed by atoms with Gasteiger partial charge in [0.2, 0.25) is 5.95 Å². The molecule has 3 nitrogen and oxygen atoms in total. The van der Waals surface area contributed by atoms with Crippen molar-refractivity contribution in [1.29, 1.82) is 0 Å². The van der Waals surface area contributed by atoms with Crippen molar-refractivity contribution in [3.63, 3.8) is 0 Å². The van der Waals surface area contributed by atoms with Crippen molar-refractivity contribution >= 4 is 5.95 Å². The van der Waals surface area contributed by atoms with E-state index >= 15 is 0 Å². The van der Waals surface area contributed by atoms with Gasteiger partial charge in [0.25, 0.3) is 0 Å². The molecule has 1 aromatic carbocycles. The summed E-state index contributed by atoms with van der Waals surface area (Å²) < 4.78 is 2.05. The number of anilines is 1. The Morgan fingerprint density at radius 3 is 2.80 bits per heavy atom. The summed E-state index contributed by atoms with van der Waals surface area (Å²) >= 11 is 0. The second-order valence-corrected chi connectivity index (χ2v) is 3.38. The van der Waals surface area contributed by atoms with Gasteiger partial charge in [-0.3, -0.25) is 4.57 Å². The van der Waals surface area contributed by atoms with Crippen LogP contribution in [0.4, 0.5) is 5.95 Å². The highest BCUT2D eigenvalue weighted by Gasteiger charge is 2.02. The average molecular weight is 201 g/mol. The third-order valence-corrected chi connectivity index (χ3v) is 2.21. The second-order valence-electron chi connectivity index (χ2n) is 3.38. The van der Waals surface area contributed by atoms with Crippen molar-refractivity contribution < 1.29 is 0 Å². The Morgan fingerprint density at radius 1 is 1.27 bits per heavy atom. The molecule has 2 rings (SSSR count). The standard InChI is InChI=1S/C12H15N3/c1-2-8-13-12-14-9-10-15(12)11-6-4-3-5-7-11/h3-7,9-10H,2,8H2,1H3,(H,13,14). The molecule has 0 spiro atoms. The minimum atomic E-state index is 0.906. The lowest BCUT2D eigenvalue weighted by molar-refractivity contribution is 0.937. The molecule has 0 aliphatic carbocycles. The molecule has 0 amide bonds. The zero-order chi connectivity index (χ0) is 10.5. The van der Waals surface area contributed by atoms with Crippen molar-refractivity contribution in [2.75, 3.05) is 11.9 Å². The van der Waals surface area contributed by atoms with Gasteiger partial charge in [-0.05, 0) is 18.6 Å². The van der Waals surface area contributed by atoms with Gasteiger partial charge in [-0.2, -0.15) is 0 Å². The smallest absolute Gasteiger partial charge is 0.207 e. The summed E-state index contributed by atoms with van der Waals surface area (Å²) in [6.45, 7) is 3.09. The lowest BCUT2D eigenvalue weighted by atomic mass is 10.3. The molecule has 2 aromatic rings. The summed E-state index contributed by atoms with van der Waals surface area (Å²) in [5, 5.41) is 3.29. The molecule has 0 radical (unpaired) electrons. The Kier molecular flexibility index (Phi) is 3.02. The van der Waals surface area contributed by atoms with Crippen molar-refractivity contribution in [1.82, 2.24) is 9.55 Å². The predicted molar refractivity (Wildman–Crippen MR) is 62.3 cm³/mol. The lowest BCUT2D eigenvalue weighted by Gasteiger charge is -2.08. The van der Waals surface area contributed by atoms with Gasteiger partial charge in [-0.1, -0.05) is 25.1 Å². The Labute approximate surface area is 89.8 Å². The first-order valence-corrected chi connectivity index (χ1v) is 5.24. The van der Waals surface area contributed by atoms with E-state index in [0.717, 1.165) is 24.6 Å². The molecule has 1 aromatic heterocycles. The molecule has 3 heteroatoms. The molecular weight excluding hydrogens is 186 g/mol. The first-order chi connectivity index (χ1) is 7.42. The largest absolute Gasteiger partial charge is 0.355 e. The molecule has 15 heavy (non-hydrogen) atoms. The van der Waals surface area contributed by atoms with Crippen LogP contribution in [0.2, 0.25) is 0 Å². The van der Waals surface area contributed by atoms with Gasteiger partial charge in [0.05, 0.1) is 0 Å². The summed E-state index contributed by atoms with van der Waals surface area (Å²) in [4.78, 5) is 4.28. The van der Waals surface area contributed by atoms with Crippen molar-refractivity contribution in [3.8, 4) is 5.69 Å². The maximum Gasteiger partial charge on any atom is 0.207 e. The number of nitrogens with zero attached hydrogens (tertiary/aromatic N) is 2. The quantitative estimate of drug-likeness (QED) is 0.824. The van der Waals surface area contributed by atoms with Gasteiger partial charge in [-0.25, -0.2) is 4.98 Å². The molecule has 1 N–H and O–H groups in total. The highest BCUT2D eigenvalue weighted by molar-refractivity contribution is 5.41. The zero-order valence-corrected chi connectivity index (χ0v) is 8.85. The summed E-state index contributed by atoms with van der Waals surface area (Å²) in [5.41, 5.74) is 1.13. The monoisotopic (exact) mass is 201 g/mol. The molecule has 0 atom stereocenters. The van der Waals surface area contributed by atoms with Crippen molar-refractivity contribution in [2.24, 2.45) is 0 Å². The van der Waals surface area contributed by atoms with Crippen molar-refractivity contribution in [2.45, 2.75) is 13.3 Å². The third kappa shape index (κ3) is 2.18. The Hall–Kier alpha value is -1.77. The fourth-order valence-electron chi connectivity index (χ4n) is 1.47. The number of para-hydroxylation sites is 1. The molecule has 0 aliphatic heterocycles. The number of hydrogen-bond donors (Lipinski definition) is 1. The van der Waals surface area contributed by atoms with E-state index in [-0.39, 0.29) is 0 Å². The van der Waals surface area contributed by atoms with E-state index in [1.54, 1.807) is 0 Å². The minimum Gasteiger partial charge on any atom is -0.355 e. The third-order valence-electron chi connectivity index (χ3n) is 2.21. The van der Waals surface area contributed by atoms with Gasteiger partial charge in [-0.15, -0.1) is 0 Å². The average Bonchev–Trinajstić information content (AvgIpc) is 2.75. The van der Waals surface area contributed by atoms with E-state index in [1.807, 2.05) is 30.6 Å². The molecule has 0 fully saturated rings. The first-order valence-electron chi connectivity index (χ1n) is 5.24. The normalized spacial score (nSPS) is 10.2. The van der Waals surface area contributed by atoms with Crippen LogP contribution in [0.25, 0.3) is 5.69 Å². The van der Waals surface area contributed by atoms with Crippen LogP contribution in [0.1, 0.15) is 13.3 Å². The van der Waals surface area contributed by atoms with Crippen LogP contribution in [0.5, 0.6) is 0 Å². The number of rotatable bonds is 4. The fourth-order valence-corrected chi connectivity index (χ4v) is 1.47. The number of nitrogens with one attached hydrogen (secondary N) is 1. The first kappa shape index (κ1) is 9.77. The predicted octanol–water partition coefficient (Wildman–Crippen LogP) is 2.69. The van der Waals surface area contributed by atoms with Crippen LogP contribution in [0, 0.1) is 0 Å². The summed E-state index contributed by atoms with van der Waals surface area (Å²) in [6, 6.07) is 10.2. The molecule has 1 heterocycles. The molecule has 78 valence electrons. The van der Waals surface area contributed by atoms with Crippen LogP contribution < -0.4 is 5.32 Å². The Balaban J connectivity index is 2.25. The van der Waals surface area contributed by atoms with E-state index in [1.165, 1.54) is 0 Å². The molecule has 0 bridgehead atoms. The Bertz CT molecular complexity index is 406. The Morgan fingerprint density at radius 2 is 2.07 bits per heavy atom. The van der Waals surface area contributed by atoms with E-state index < -0.39 is 0 Å². The van der Waals surface area contributed by atoms with Gasteiger partial charge in [0.15, 0.2) is 0 Å². The van der Waals surface area contributed by atoms with Crippen LogP contribution in [-0.2, 0) is 0 Å². The maximum absolute atomic E-state index is 4.28.